The van der Waals surface area contributed by atoms with Crippen LogP contribution in [0.4, 0.5) is 14.9 Å². The molecule has 0 bridgehead atoms. The fraction of sp³-hybridized carbons (Fsp3) is 0.188. The number of para-hydroxylation sites is 1. The number of thioether (sulfide) groups is 1. The summed E-state index contributed by atoms with van der Waals surface area (Å²) >= 11 is 13.1. The molecule has 1 saturated heterocycles. The highest BCUT2D eigenvalue weighted by atomic mass is 35.5. The van der Waals surface area contributed by atoms with Crippen LogP contribution >= 0.6 is 35.0 Å². The van der Waals surface area contributed by atoms with Crippen molar-refractivity contribution in [2.75, 3.05) is 18.5 Å². The molecule has 5 rings (SSSR count). The number of halogens is 3. The van der Waals surface area contributed by atoms with Gasteiger partial charge in [-0.25, -0.2) is 9.18 Å². The second kappa shape index (κ2) is 13.7. The minimum absolute atomic E-state index is 0.0890. The van der Waals surface area contributed by atoms with Crippen molar-refractivity contribution >= 4 is 80.7 Å². The molecule has 226 valence electrons. The Bertz CT molecular complexity index is 1800. The number of nitrogens with one attached hydrogen (secondary N) is 1. The van der Waals surface area contributed by atoms with Gasteiger partial charge in [-0.1, -0.05) is 60.8 Å². The van der Waals surface area contributed by atoms with Gasteiger partial charge in [-0.15, -0.1) is 0 Å². The first-order valence-electron chi connectivity index (χ1n) is 13.7. The Labute approximate surface area is 266 Å². The summed E-state index contributed by atoms with van der Waals surface area (Å²) in [7, 11) is 0. The molecular weight excluding hydrogens is 628 g/mol. The number of ether oxygens (including phenoxy) is 1. The fourth-order valence-corrected chi connectivity index (χ4v) is 5.89. The predicted molar refractivity (Wildman–Crippen MR) is 170 cm³/mol. The van der Waals surface area contributed by atoms with E-state index in [1.807, 2.05) is 35.8 Å². The molecule has 44 heavy (non-hydrogen) atoms. The van der Waals surface area contributed by atoms with Crippen molar-refractivity contribution in [2.45, 2.75) is 26.3 Å². The molecule has 0 saturated carbocycles. The van der Waals surface area contributed by atoms with E-state index >= 15 is 0 Å². The fourth-order valence-electron chi connectivity index (χ4n) is 4.64. The second-order valence-electron chi connectivity index (χ2n) is 9.93. The Morgan fingerprint density at radius 1 is 1.05 bits per heavy atom. The molecule has 1 aromatic heterocycles. The molecule has 12 heteroatoms. The molecule has 0 spiro atoms. The number of hydrogen-bond donors (Lipinski definition) is 1. The SMILES string of the molecule is CCCCOC(=O)c1cc(NC(=O)CN2C(=O)S/C(=C/c3cn(Cc4c(F)cccc4Cl)c4ccccc34)C2=O)ccc1Cl. The minimum Gasteiger partial charge on any atom is -0.462 e. The first-order chi connectivity index (χ1) is 21.2. The van der Waals surface area contributed by atoms with Crippen LogP contribution in [-0.2, 0) is 20.9 Å². The van der Waals surface area contributed by atoms with Crippen LogP contribution in [0.3, 0.4) is 0 Å². The summed E-state index contributed by atoms with van der Waals surface area (Å²) in [6.07, 6.45) is 4.91. The van der Waals surface area contributed by atoms with E-state index in [-0.39, 0.29) is 34.3 Å². The molecule has 8 nitrogen and oxygen atoms in total. The van der Waals surface area contributed by atoms with Crippen LogP contribution in [0.1, 0.15) is 41.3 Å². The normalized spacial score (nSPS) is 14.1. The minimum atomic E-state index is -0.639. The van der Waals surface area contributed by atoms with Crippen LogP contribution in [0.5, 0.6) is 0 Å². The van der Waals surface area contributed by atoms with Crippen LogP contribution in [0, 0.1) is 5.82 Å². The Kier molecular flexibility index (Phi) is 9.73. The van der Waals surface area contributed by atoms with E-state index in [0.29, 0.717) is 22.6 Å². The van der Waals surface area contributed by atoms with Gasteiger partial charge in [0.05, 0.1) is 28.6 Å². The molecule has 4 aromatic rings. The zero-order valence-corrected chi connectivity index (χ0v) is 25.8. The van der Waals surface area contributed by atoms with Gasteiger partial charge >= 0.3 is 5.97 Å². The first-order valence-corrected chi connectivity index (χ1v) is 15.3. The molecule has 3 aromatic carbocycles. The van der Waals surface area contributed by atoms with Gasteiger partial charge in [0.1, 0.15) is 12.4 Å². The third kappa shape index (κ3) is 6.83. The topological polar surface area (TPSA) is 97.7 Å². The number of carbonyl (C=O) groups excluding carboxylic acids is 4. The van der Waals surface area contributed by atoms with Crippen molar-refractivity contribution in [3.63, 3.8) is 0 Å². The van der Waals surface area contributed by atoms with Gasteiger partial charge in [-0.2, -0.15) is 0 Å². The van der Waals surface area contributed by atoms with E-state index in [9.17, 15) is 23.6 Å². The highest BCUT2D eigenvalue weighted by Crippen LogP contribution is 2.35. The summed E-state index contributed by atoms with van der Waals surface area (Å²) in [6, 6.07) is 16.2. The van der Waals surface area contributed by atoms with Gasteiger partial charge in [0.2, 0.25) is 5.91 Å². The maximum atomic E-state index is 14.5. The third-order valence-electron chi connectivity index (χ3n) is 6.87. The van der Waals surface area contributed by atoms with Gasteiger partial charge in [-0.3, -0.25) is 19.3 Å². The number of anilines is 1. The lowest BCUT2D eigenvalue weighted by Gasteiger charge is -2.13. The number of hydrogen-bond acceptors (Lipinski definition) is 6. The van der Waals surface area contributed by atoms with Crippen LogP contribution in [-0.4, -0.2) is 45.6 Å². The maximum absolute atomic E-state index is 14.5. The van der Waals surface area contributed by atoms with Gasteiger partial charge in [-0.05, 0) is 60.7 Å². The molecule has 2 heterocycles. The number of unbranched alkanes of at least 4 members (excludes halogenated alkanes) is 1. The Hall–Kier alpha value is -4.12. The summed E-state index contributed by atoms with van der Waals surface area (Å²) in [5.74, 6) is -2.31. The molecule has 1 aliphatic rings. The van der Waals surface area contributed by atoms with Gasteiger partial charge in [0.25, 0.3) is 11.1 Å². The van der Waals surface area contributed by atoms with E-state index in [1.54, 1.807) is 18.3 Å². The number of benzene rings is 3. The second-order valence-corrected chi connectivity index (χ2v) is 11.7. The number of fused-ring (bicyclic) bond motifs is 1. The Balaban J connectivity index is 1.32. The molecule has 0 unspecified atom stereocenters. The number of rotatable bonds is 10. The summed E-state index contributed by atoms with van der Waals surface area (Å²) < 4.78 is 21.5. The quantitative estimate of drug-likeness (QED) is 0.107. The summed E-state index contributed by atoms with van der Waals surface area (Å²) in [5, 5.41) is 3.25. The molecular formula is C32H26Cl2FN3O5S. The lowest BCUT2D eigenvalue weighted by molar-refractivity contribution is -0.127. The van der Waals surface area contributed by atoms with Crippen molar-refractivity contribution in [1.82, 2.24) is 9.47 Å². The van der Waals surface area contributed by atoms with Gasteiger partial charge < -0.3 is 14.6 Å². The number of carbonyl (C=O) groups is 4. The number of amides is 3. The Morgan fingerprint density at radius 3 is 2.61 bits per heavy atom. The van der Waals surface area contributed by atoms with Crippen molar-refractivity contribution < 1.29 is 28.3 Å². The van der Waals surface area contributed by atoms with E-state index < -0.39 is 35.4 Å². The number of esters is 1. The average Bonchev–Trinajstić information content (AvgIpc) is 3.47. The smallest absolute Gasteiger partial charge is 0.339 e. The largest absolute Gasteiger partial charge is 0.462 e. The summed E-state index contributed by atoms with van der Waals surface area (Å²) in [5.41, 5.74) is 2.10. The van der Waals surface area contributed by atoms with Crippen LogP contribution in [0.2, 0.25) is 10.0 Å². The first kappa shape index (κ1) is 31.3. The van der Waals surface area contributed by atoms with E-state index in [4.69, 9.17) is 27.9 Å². The summed E-state index contributed by atoms with van der Waals surface area (Å²) in [4.78, 5) is 52.2. The van der Waals surface area contributed by atoms with Crippen LogP contribution < -0.4 is 5.32 Å². The van der Waals surface area contributed by atoms with Crippen molar-refractivity contribution in [1.29, 1.82) is 0 Å². The highest BCUT2D eigenvalue weighted by Gasteiger charge is 2.36. The van der Waals surface area contributed by atoms with E-state index in [2.05, 4.69) is 5.32 Å². The standard InChI is InChI=1S/C32H26Cl2FN3O5S/c1-2-3-13-43-31(41)22-15-20(11-12-25(22)34)36-29(39)18-38-30(40)28(44-32(38)42)14-19-16-37(27-10-5-4-7-21(19)27)17-23-24(33)8-6-9-26(23)35/h4-12,14-16H,2-3,13,17-18H2,1H3,(H,36,39)/b28-14+. The zero-order valence-electron chi connectivity index (χ0n) is 23.4. The Morgan fingerprint density at radius 2 is 1.84 bits per heavy atom. The molecule has 0 atom stereocenters. The highest BCUT2D eigenvalue weighted by molar-refractivity contribution is 8.18. The number of aromatic nitrogens is 1. The van der Waals surface area contributed by atoms with Crippen molar-refractivity contribution in [3.8, 4) is 0 Å². The lowest BCUT2D eigenvalue weighted by Crippen LogP contribution is -2.36. The van der Waals surface area contributed by atoms with Crippen LogP contribution in [0.25, 0.3) is 17.0 Å². The molecule has 1 aliphatic heterocycles. The van der Waals surface area contributed by atoms with Crippen molar-refractivity contribution in [3.05, 3.63) is 104 Å². The molecule has 1 fully saturated rings. The zero-order chi connectivity index (χ0) is 31.4. The molecule has 0 radical (unpaired) electrons. The maximum Gasteiger partial charge on any atom is 0.339 e. The molecule has 0 aliphatic carbocycles. The molecule has 1 N–H and O–H groups in total. The number of imide groups is 1. The third-order valence-corrected chi connectivity index (χ3v) is 8.46. The lowest BCUT2D eigenvalue weighted by atomic mass is 10.1. The monoisotopic (exact) mass is 653 g/mol. The van der Waals surface area contributed by atoms with Gasteiger partial charge in [0.15, 0.2) is 0 Å². The van der Waals surface area contributed by atoms with E-state index in [1.165, 1.54) is 30.3 Å². The van der Waals surface area contributed by atoms with Crippen molar-refractivity contribution in [2.24, 2.45) is 0 Å². The van der Waals surface area contributed by atoms with E-state index in [0.717, 1.165) is 34.0 Å². The van der Waals surface area contributed by atoms with Gasteiger partial charge in [0, 0.05) is 38.9 Å². The molecule has 3 amide bonds. The predicted octanol–water partition coefficient (Wildman–Crippen LogP) is 7.77. The number of nitrogens with zero attached hydrogens (tertiary/aromatic N) is 2. The van der Waals surface area contributed by atoms with Crippen LogP contribution in [0.15, 0.2) is 71.8 Å². The summed E-state index contributed by atoms with van der Waals surface area (Å²) in [6.45, 7) is 1.84. The average molecular weight is 655 g/mol.